The number of rotatable bonds is 3. The fourth-order valence-corrected chi connectivity index (χ4v) is 1.75. The van der Waals surface area contributed by atoms with Gasteiger partial charge < -0.3 is 10.0 Å². The van der Waals surface area contributed by atoms with Gasteiger partial charge in [-0.05, 0) is 12.1 Å². The minimum Gasteiger partial charge on any atom is -0.480 e. The maximum absolute atomic E-state index is 10.6. The van der Waals surface area contributed by atoms with Crippen molar-refractivity contribution < 1.29 is 9.90 Å². The van der Waals surface area contributed by atoms with E-state index in [-0.39, 0.29) is 6.54 Å². The van der Waals surface area contributed by atoms with Crippen LogP contribution in [0.25, 0.3) is 10.9 Å². The van der Waals surface area contributed by atoms with Crippen LogP contribution in [0.1, 0.15) is 0 Å². The summed E-state index contributed by atoms with van der Waals surface area (Å²) in [5.41, 5.74) is 0.995. The Morgan fingerprint density at radius 1 is 1.50 bits per heavy atom. The van der Waals surface area contributed by atoms with Gasteiger partial charge in [-0.1, -0.05) is 12.1 Å². The number of aliphatic carboxylic acids is 1. The second kappa shape index (κ2) is 3.84. The van der Waals surface area contributed by atoms with Gasteiger partial charge in [0, 0.05) is 19.5 Å². The van der Waals surface area contributed by atoms with Gasteiger partial charge in [0.2, 0.25) is 0 Å². The number of fused-ring (bicyclic) bond motifs is 1. The number of benzene rings is 1. The van der Waals surface area contributed by atoms with Crippen LogP contribution in [0.3, 0.4) is 0 Å². The van der Waals surface area contributed by atoms with Crippen molar-refractivity contribution in [3.8, 4) is 0 Å². The average molecular weight is 219 g/mol. The Kier molecular flexibility index (Phi) is 2.52. The number of carboxylic acid groups (broad SMARTS) is 1. The zero-order valence-electron chi connectivity index (χ0n) is 9.21. The van der Waals surface area contributed by atoms with E-state index in [1.54, 1.807) is 16.6 Å². The largest absolute Gasteiger partial charge is 0.480 e. The second-order valence-electron chi connectivity index (χ2n) is 3.71. The molecule has 5 nitrogen and oxygen atoms in total. The molecule has 0 saturated carbocycles. The lowest BCUT2D eigenvalue weighted by molar-refractivity contribution is -0.135. The SMILES string of the molecule is CN(CC(=O)O)c1nn(C)c2ccccc12. The first-order valence-corrected chi connectivity index (χ1v) is 4.94. The molecule has 0 saturated heterocycles. The summed E-state index contributed by atoms with van der Waals surface area (Å²) in [5.74, 6) is -0.169. The van der Waals surface area contributed by atoms with Gasteiger partial charge in [-0.2, -0.15) is 5.10 Å². The molecule has 1 aromatic heterocycles. The molecular weight excluding hydrogens is 206 g/mol. The molecule has 2 rings (SSSR count). The Morgan fingerprint density at radius 2 is 2.19 bits per heavy atom. The van der Waals surface area contributed by atoms with Crippen molar-refractivity contribution in [2.75, 3.05) is 18.5 Å². The van der Waals surface area contributed by atoms with Crippen molar-refractivity contribution in [1.29, 1.82) is 0 Å². The summed E-state index contributed by atoms with van der Waals surface area (Å²) in [7, 11) is 3.57. The van der Waals surface area contributed by atoms with Crippen molar-refractivity contribution >= 4 is 22.7 Å². The number of para-hydroxylation sites is 1. The fourth-order valence-electron chi connectivity index (χ4n) is 1.75. The Bertz CT molecular complexity index is 533. The Balaban J connectivity index is 2.48. The molecule has 0 aliphatic heterocycles. The van der Waals surface area contributed by atoms with Gasteiger partial charge in [0.25, 0.3) is 0 Å². The van der Waals surface area contributed by atoms with E-state index in [4.69, 9.17) is 5.11 Å². The van der Waals surface area contributed by atoms with Gasteiger partial charge >= 0.3 is 5.97 Å². The van der Waals surface area contributed by atoms with E-state index in [1.165, 1.54) is 0 Å². The highest BCUT2D eigenvalue weighted by Crippen LogP contribution is 2.24. The summed E-state index contributed by atoms with van der Waals surface area (Å²) in [6.07, 6.45) is 0. The molecule has 1 heterocycles. The van der Waals surface area contributed by atoms with E-state index in [9.17, 15) is 4.79 Å². The smallest absolute Gasteiger partial charge is 0.323 e. The molecule has 0 spiro atoms. The van der Waals surface area contributed by atoms with Crippen LogP contribution in [-0.2, 0) is 11.8 Å². The molecule has 84 valence electrons. The van der Waals surface area contributed by atoms with Crippen LogP contribution in [0, 0.1) is 0 Å². The van der Waals surface area contributed by atoms with Crippen molar-refractivity contribution in [3.05, 3.63) is 24.3 Å². The Hall–Kier alpha value is -2.04. The van der Waals surface area contributed by atoms with Crippen molar-refractivity contribution in [2.45, 2.75) is 0 Å². The van der Waals surface area contributed by atoms with Gasteiger partial charge in [0.1, 0.15) is 6.54 Å². The first-order chi connectivity index (χ1) is 7.59. The molecule has 16 heavy (non-hydrogen) atoms. The molecule has 0 aliphatic rings. The molecule has 2 aromatic rings. The minimum atomic E-state index is -0.864. The van der Waals surface area contributed by atoms with Gasteiger partial charge in [0.15, 0.2) is 5.82 Å². The van der Waals surface area contributed by atoms with Gasteiger partial charge in [-0.15, -0.1) is 0 Å². The lowest BCUT2D eigenvalue weighted by Crippen LogP contribution is -2.25. The third-order valence-corrected chi connectivity index (χ3v) is 2.47. The number of anilines is 1. The van der Waals surface area contributed by atoms with Crippen LogP contribution < -0.4 is 4.90 Å². The van der Waals surface area contributed by atoms with Crippen LogP contribution in [0.4, 0.5) is 5.82 Å². The number of hydrogen-bond acceptors (Lipinski definition) is 3. The van der Waals surface area contributed by atoms with E-state index in [1.807, 2.05) is 31.3 Å². The molecule has 1 aromatic carbocycles. The van der Waals surface area contributed by atoms with E-state index < -0.39 is 5.97 Å². The van der Waals surface area contributed by atoms with Crippen molar-refractivity contribution in [2.24, 2.45) is 7.05 Å². The van der Waals surface area contributed by atoms with E-state index in [0.29, 0.717) is 5.82 Å². The number of aryl methyl sites for hydroxylation is 1. The Morgan fingerprint density at radius 3 is 2.88 bits per heavy atom. The van der Waals surface area contributed by atoms with E-state index in [2.05, 4.69) is 5.10 Å². The number of hydrogen-bond donors (Lipinski definition) is 1. The first kappa shape index (κ1) is 10.5. The third kappa shape index (κ3) is 1.71. The molecule has 0 aliphatic carbocycles. The molecular formula is C11H13N3O2. The average Bonchev–Trinajstić information content (AvgIpc) is 2.56. The van der Waals surface area contributed by atoms with E-state index in [0.717, 1.165) is 10.9 Å². The quantitative estimate of drug-likeness (QED) is 0.839. The molecule has 0 fully saturated rings. The summed E-state index contributed by atoms with van der Waals surface area (Å²) in [6.45, 7) is -0.0546. The van der Waals surface area contributed by atoms with E-state index >= 15 is 0 Å². The maximum Gasteiger partial charge on any atom is 0.323 e. The van der Waals surface area contributed by atoms with Crippen LogP contribution in [0.5, 0.6) is 0 Å². The highest BCUT2D eigenvalue weighted by molar-refractivity contribution is 5.91. The number of nitrogens with zero attached hydrogens (tertiary/aromatic N) is 3. The molecule has 0 bridgehead atoms. The molecule has 0 unspecified atom stereocenters. The summed E-state index contributed by atoms with van der Waals surface area (Å²) < 4.78 is 1.75. The standard InChI is InChI=1S/C11H13N3O2/c1-13(7-10(15)16)11-8-5-3-4-6-9(8)14(2)12-11/h3-6H,7H2,1-2H3,(H,15,16). The fraction of sp³-hybridized carbons (Fsp3) is 0.273. The number of carboxylic acids is 1. The number of carbonyl (C=O) groups is 1. The molecule has 0 atom stereocenters. The van der Waals surface area contributed by atoms with Crippen LogP contribution in [0.2, 0.25) is 0 Å². The highest BCUT2D eigenvalue weighted by Gasteiger charge is 2.13. The third-order valence-electron chi connectivity index (χ3n) is 2.47. The normalized spacial score (nSPS) is 10.6. The summed E-state index contributed by atoms with van der Waals surface area (Å²) >= 11 is 0. The zero-order valence-corrected chi connectivity index (χ0v) is 9.21. The topological polar surface area (TPSA) is 58.4 Å². The summed E-state index contributed by atoms with van der Waals surface area (Å²) in [4.78, 5) is 12.3. The van der Waals surface area contributed by atoms with Gasteiger partial charge in [-0.25, -0.2) is 0 Å². The minimum absolute atomic E-state index is 0.0546. The second-order valence-corrected chi connectivity index (χ2v) is 3.71. The van der Waals surface area contributed by atoms with Crippen LogP contribution >= 0.6 is 0 Å². The lowest BCUT2D eigenvalue weighted by atomic mass is 10.2. The maximum atomic E-state index is 10.6. The first-order valence-electron chi connectivity index (χ1n) is 4.94. The Labute approximate surface area is 92.9 Å². The van der Waals surface area contributed by atoms with Crippen LogP contribution in [0.15, 0.2) is 24.3 Å². The van der Waals surface area contributed by atoms with Gasteiger partial charge in [0.05, 0.1) is 5.52 Å². The predicted molar refractivity (Wildman–Crippen MR) is 61.6 cm³/mol. The lowest BCUT2D eigenvalue weighted by Gasteiger charge is -2.13. The number of aromatic nitrogens is 2. The van der Waals surface area contributed by atoms with Crippen molar-refractivity contribution in [1.82, 2.24) is 9.78 Å². The van der Waals surface area contributed by atoms with Gasteiger partial charge in [-0.3, -0.25) is 9.48 Å². The summed E-state index contributed by atoms with van der Waals surface area (Å²) in [5, 5.41) is 14.0. The monoisotopic (exact) mass is 219 g/mol. The summed E-state index contributed by atoms with van der Waals surface area (Å²) in [6, 6.07) is 7.75. The predicted octanol–water partition coefficient (Wildman–Crippen LogP) is 1.09. The molecule has 5 heteroatoms. The molecule has 0 amide bonds. The van der Waals surface area contributed by atoms with Crippen LogP contribution in [-0.4, -0.2) is 34.4 Å². The zero-order chi connectivity index (χ0) is 11.7. The number of likely N-dealkylation sites (N-methyl/N-ethyl adjacent to an activating group) is 1. The van der Waals surface area contributed by atoms with Crippen molar-refractivity contribution in [3.63, 3.8) is 0 Å². The molecule has 0 radical (unpaired) electrons. The molecule has 1 N–H and O–H groups in total. The highest BCUT2D eigenvalue weighted by atomic mass is 16.4.